The van der Waals surface area contributed by atoms with Crippen LogP contribution in [-0.2, 0) is 11.8 Å². The molecule has 2 atom stereocenters. The van der Waals surface area contributed by atoms with E-state index in [1.165, 1.54) is 12.0 Å². The Labute approximate surface area is 170 Å². The van der Waals surface area contributed by atoms with E-state index in [1.807, 2.05) is 29.9 Å². The lowest BCUT2D eigenvalue weighted by Gasteiger charge is -2.25. The van der Waals surface area contributed by atoms with Crippen molar-refractivity contribution in [1.82, 2.24) is 19.7 Å². The molecular formula is C22H28N6O. The van der Waals surface area contributed by atoms with Crippen molar-refractivity contribution in [2.24, 2.45) is 18.7 Å². The lowest BCUT2D eigenvalue weighted by Crippen LogP contribution is -2.34. The highest BCUT2D eigenvalue weighted by atomic mass is 16.1. The Bertz CT molecular complexity index is 1040. The second-order valence-corrected chi connectivity index (χ2v) is 8.30. The van der Waals surface area contributed by atoms with Crippen LogP contribution in [0.1, 0.15) is 51.1 Å². The van der Waals surface area contributed by atoms with Gasteiger partial charge in [-0.1, -0.05) is 26.3 Å². The number of aryl methyl sites for hydroxylation is 1. The molecule has 7 heteroatoms. The molecule has 2 aromatic heterocycles. The largest absolute Gasteiger partial charge is 0.328 e. The predicted octanol–water partition coefficient (Wildman–Crippen LogP) is 3.61. The van der Waals surface area contributed by atoms with E-state index < -0.39 is 0 Å². The molecule has 1 fully saturated rings. The van der Waals surface area contributed by atoms with Gasteiger partial charge < -0.3 is 11.1 Å². The van der Waals surface area contributed by atoms with Crippen LogP contribution >= 0.6 is 0 Å². The van der Waals surface area contributed by atoms with Crippen LogP contribution in [0.4, 0.5) is 5.82 Å². The first-order valence-corrected chi connectivity index (χ1v) is 10.3. The number of nitrogens with one attached hydrogen (secondary N) is 1. The maximum atomic E-state index is 12.6. The van der Waals surface area contributed by atoms with E-state index in [2.05, 4.69) is 40.3 Å². The van der Waals surface area contributed by atoms with Gasteiger partial charge in [0.2, 0.25) is 5.91 Å². The van der Waals surface area contributed by atoms with Crippen molar-refractivity contribution in [2.75, 3.05) is 5.32 Å². The number of carbonyl (C=O) groups is 1. The van der Waals surface area contributed by atoms with E-state index in [0.717, 1.165) is 47.8 Å². The molecule has 1 aromatic carbocycles. The Kier molecular flexibility index (Phi) is 5.32. The van der Waals surface area contributed by atoms with Crippen molar-refractivity contribution in [3.05, 3.63) is 36.3 Å². The summed E-state index contributed by atoms with van der Waals surface area (Å²) < 4.78 is 1.94. The first-order chi connectivity index (χ1) is 13.9. The molecule has 0 aliphatic heterocycles. The minimum atomic E-state index is -0.0440. The second kappa shape index (κ2) is 7.91. The van der Waals surface area contributed by atoms with Gasteiger partial charge in [-0.25, -0.2) is 9.97 Å². The van der Waals surface area contributed by atoms with Crippen LogP contribution in [0.15, 0.2) is 30.6 Å². The lowest BCUT2D eigenvalue weighted by molar-refractivity contribution is -0.120. The van der Waals surface area contributed by atoms with Gasteiger partial charge in [-0.15, -0.1) is 0 Å². The fourth-order valence-corrected chi connectivity index (χ4v) is 4.34. The zero-order chi connectivity index (χ0) is 20.5. The van der Waals surface area contributed by atoms with Crippen molar-refractivity contribution >= 4 is 22.6 Å². The van der Waals surface area contributed by atoms with E-state index in [9.17, 15) is 4.79 Å². The number of anilines is 1. The average Bonchev–Trinajstić information content (AvgIpc) is 3.03. The number of carbonyl (C=O) groups excluding carboxylic acids is 1. The minimum absolute atomic E-state index is 0.00499. The Hall–Kier alpha value is -2.80. The third kappa shape index (κ3) is 4.00. The molecular weight excluding hydrogens is 364 g/mol. The van der Waals surface area contributed by atoms with Gasteiger partial charge in [0.25, 0.3) is 0 Å². The smallest absolute Gasteiger partial charge is 0.228 e. The van der Waals surface area contributed by atoms with Gasteiger partial charge in [-0.05, 0) is 37.3 Å². The number of aromatic nitrogens is 4. The fraction of sp³-hybridized carbons (Fsp3) is 0.455. The molecule has 152 valence electrons. The van der Waals surface area contributed by atoms with Gasteiger partial charge in [-0.2, -0.15) is 5.10 Å². The van der Waals surface area contributed by atoms with E-state index in [4.69, 9.17) is 5.73 Å². The minimum Gasteiger partial charge on any atom is -0.328 e. The van der Waals surface area contributed by atoms with Crippen molar-refractivity contribution in [3.63, 3.8) is 0 Å². The zero-order valence-electron chi connectivity index (χ0n) is 17.2. The number of amides is 1. The van der Waals surface area contributed by atoms with E-state index in [-0.39, 0.29) is 17.9 Å². The molecule has 1 amide bonds. The van der Waals surface area contributed by atoms with Gasteiger partial charge in [0.15, 0.2) is 0 Å². The highest BCUT2D eigenvalue weighted by molar-refractivity contribution is 5.92. The molecule has 0 bridgehead atoms. The topological polar surface area (TPSA) is 98.7 Å². The SMILES string of the molecule is CC(C)c1c2cc(-c3cc(NC(=O)C4CCCC(N)C4)ncn3)ccc2nn1C. The van der Waals surface area contributed by atoms with Crippen LogP contribution in [0.5, 0.6) is 0 Å². The van der Waals surface area contributed by atoms with Gasteiger partial charge in [0, 0.05) is 41.7 Å². The first-order valence-electron chi connectivity index (χ1n) is 10.3. The number of benzene rings is 1. The highest BCUT2D eigenvalue weighted by Gasteiger charge is 2.25. The van der Waals surface area contributed by atoms with Crippen molar-refractivity contribution in [1.29, 1.82) is 0 Å². The molecule has 2 unspecified atom stereocenters. The standard InChI is InChI=1S/C22H28N6O/c1-13(2)21-17-10-14(7-8-18(17)27-28(21)3)19-11-20(25-12-24-19)26-22(29)15-5-4-6-16(23)9-15/h7-8,10-13,15-16H,4-6,9,23H2,1-3H3,(H,24,25,26,29). The van der Waals surface area contributed by atoms with E-state index in [1.54, 1.807) is 0 Å². The number of nitrogens with zero attached hydrogens (tertiary/aromatic N) is 4. The van der Waals surface area contributed by atoms with Crippen LogP contribution in [0.3, 0.4) is 0 Å². The third-order valence-electron chi connectivity index (χ3n) is 5.73. The molecule has 3 aromatic rings. The molecule has 7 nitrogen and oxygen atoms in total. The summed E-state index contributed by atoms with van der Waals surface area (Å²) in [5.41, 5.74) is 9.94. The van der Waals surface area contributed by atoms with Crippen molar-refractivity contribution in [3.8, 4) is 11.3 Å². The quantitative estimate of drug-likeness (QED) is 0.707. The highest BCUT2D eigenvalue weighted by Crippen LogP contribution is 2.30. The normalized spacial score (nSPS) is 19.6. The number of rotatable bonds is 4. The monoisotopic (exact) mass is 392 g/mol. The Balaban J connectivity index is 1.60. The van der Waals surface area contributed by atoms with E-state index in [0.29, 0.717) is 11.7 Å². The van der Waals surface area contributed by atoms with Crippen LogP contribution < -0.4 is 11.1 Å². The summed E-state index contributed by atoms with van der Waals surface area (Å²) in [4.78, 5) is 21.3. The van der Waals surface area contributed by atoms with Crippen LogP contribution in [0.25, 0.3) is 22.2 Å². The number of fused-ring (bicyclic) bond motifs is 1. The number of nitrogens with two attached hydrogens (primary N) is 1. The summed E-state index contributed by atoms with van der Waals surface area (Å²) in [5, 5.41) is 8.68. The predicted molar refractivity (Wildman–Crippen MR) is 114 cm³/mol. The number of hydrogen-bond donors (Lipinski definition) is 2. The summed E-state index contributed by atoms with van der Waals surface area (Å²) in [6, 6.07) is 8.08. The van der Waals surface area contributed by atoms with Gasteiger partial charge >= 0.3 is 0 Å². The van der Waals surface area contributed by atoms with Crippen LogP contribution in [-0.4, -0.2) is 31.7 Å². The average molecular weight is 393 g/mol. The molecule has 1 aliphatic rings. The molecule has 1 saturated carbocycles. The van der Waals surface area contributed by atoms with Gasteiger partial charge in [0.1, 0.15) is 12.1 Å². The first kappa shape index (κ1) is 19.5. The molecule has 2 heterocycles. The summed E-state index contributed by atoms with van der Waals surface area (Å²) >= 11 is 0. The van der Waals surface area contributed by atoms with Crippen molar-refractivity contribution < 1.29 is 4.79 Å². The molecule has 29 heavy (non-hydrogen) atoms. The molecule has 0 saturated heterocycles. The van der Waals surface area contributed by atoms with Crippen molar-refractivity contribution in [2.45, 2.75) is 51.5 Å². The Morgan fingerprint density at radius 2 is 2.07 bits per heavy atom. The summed E-state index contributed by atoms with van der Waals surface area (Å²) in [6.07, 6.45) is 5.11. The molecule has 3 N–H and O–H groups in total. The van der Waals surface area contributed by atoms with E-state index >= 15 is 0 Å². The third-order valence-corrected chi connectivity index (χ3v) is 5.73. The molecule has 1 aliphatic carbocycles. The molecule has 0 spiro atoms. The fourth-order valence-electron chi connectivity index (χ4n) is 4.34. The maximum Gasteiger partial charge on any atom is 0.228 e. The van der Waals surface area contributed by atoms with Crippen LogP contribution in [0, 0.1) is 5.92 Å². The summed E-state index contributed by atoms with van der Waals surface area (Å²) in [6.45, 7) is 4.33. The zero-order valence-corrected chi connectivity index (χ0v) is 17.2. The maximum absolute atomic E-state index is 12.6. The van der Waals surface area contributed by atoms with Gasteiger partial charge in [0.05, 0.1) is 11.2 Å². The molecule has 4 rings (SSSR count). The summed E-state index contributed by atoms with van der Waals surface area (Å²) in [5.74, 6) is 0.837. The molecule has 0 radical (unpaired) electrons. The Morgan fingerprint density at radius 3 is 2.83 bits per heavy atom. The van der Waals surface area contributed by atoms with Crippen LogP contribution in [0.2, 0.25) is 0 Å². The lowest BCUT2D eigenvalue weighted by atomic mass is 9.85. The van der Waals surface area contributed by atoms with Gasteiger partial charge in [-0.3, -0.25) is 9.48 Å². The Morgan fingerprint density at radius 1 is 1.24 bits per heavy atom. The summed E-state index contributed by atoms with van der Waals surface area (Å²) in [7, 11) is 1.98. The second-order valence-electron chi connectivity index (χ2n) is 8.30. The number of hydrogen-bond acceptors (Lipinski definition) is 5.